The number of carbonyl (C=O) groups excluding carboxylic acids is 1. The molecule has 0 radical (unpaired) electrons. The lowest BCUT2D eigenvalue weighted by Crippen LogP contribution is -2.44. The highest BCUT2D eigenvalue weighted by atomic mass is 16.2. The number of urea groups is 1. The molecule has 0 saturated carbocycles. The number of aromatic nitrogens is 3. The lowest BCUT2D eigenvalue weighted by Gasteiger charge is -2.25. The molecule has 2 aliphatic rings. The third-order valence-electron chi connectivity index (χ3n) is 3.89. The minimum Gasteiger partial charge on any atom is -0.335 e. The van der Waals surface area contributed by atoms with Crippen molar-refractivity contribution in [2.75, 3.05) is 0 Å². The largest absolute Gasteiger partial charge is 0.335 e. The number of hydrogen-bond acceptors (Lipinski definition) is 3. The first-order chi connectivity index (χ1) is 9.72. The normalized spacial score (nSPS) is 25.1. The lowest BCUT2D eigenvalue weighted by molar-refractivity contribution is 0.228. The van der Waals surface area contributed by atoms with Crippen molar-refractivity contribution in [3.8, 4) is 0 Å². The van der Waals surface area contributed by atoms with Crippen LogP contribution in [0.2, 0.25) is 0 Å². The van der Waals surface area contributed by atoms with E-state index < -0.39 is 0 Å². The molecular formula is C14H21N5O. The number of nitrogens with one attached hydrogen (secondary N) is 2. The smallest absolute Gasteiger partial charge is 0.315 e. The molecule has 0 bridgehead atoms. The van der Waals surface area contributed by atoms with E-state index in [0.29, 0.717) is 0 Å². The number of fused-ring (bicyclic) bond motifs is 1. The standard InChI is InChI=1S/C14H21N5O/c1-10-15-13-12(8-5-9-19(13)18-10)17-14(20)16-11-6-3-2-4-7-11/h2-3,11-12H,4-9H2,1H3,(H2,16,17,20)/t11-,12-/m1/s1. The second-order valence-corrected chi connectivity index (χ2v) is 5.53. The average molecular weight is 275 g/mol. The maximum absolute atomic E-state index is 12.1. The van der Waals surface area contributed by atoms with Gasteiger partial charge in [-0.05, 0) is 39.0 Å². The third kappa shape index (κ3) is 2.84. The maximum Gasteiger partial charge on any atom is 0.315 e. The summed E-state index contributed by atoms with van der Waals surface area (Å²) < 4.78 is 1.91. The maximum atomic E-state index is 12.1. The Balaban J connectivity index is 1.60. The first-order valence-corrected chi connectivity index (χ1v) is 7.36. The Morgan fingerprint density at radius 3 is 3.05 bits per heavy atom. The molecule has 1 aliphatic heterocycles. The van der Waals surface area contributed by atoms with Crippen LogP contribution in [-0.4, -0.2) is 26.8 Å². The van der Waals surface area contributed by atoms with Crippen LogP contribution in [0.15, 0.2) is 12.2 Å². The summed E-state index contributed by atoms with van der Waals surface area (Å²) in [6, 6.07) is 0.136. The molecule has 20 heavy (non-hydrogen) atoms. The van der Waals surface area contributed by atoms with E-state index in [2.05, 4.69) is 32.9 Å². The van der Waals surface area contributed by atoms with E-state index in [0.717, 1.165) is 50.3 Å². The SMILES string of the molecule is Cc1nc2n(n1)CCC[C@H]2NC(=O)N[C@@H]1CC=CCC1. The summed E-state index contributed by atoms with van der Waals surface area (Å²) in [7, 11) is 0. The van der Waals surface area contributed by atoms with Gasteiger partial charge in [0.25, 0.3) is 0 Å². The van der Waals surface area contributed by atoms with Crippen molar-refractivity contribution in [3.05, 3.63) is 23.8 Å². The van der Waals surface area contributed by atoms with Crippen LogP contribution in [0.25, 0.3) is 0 Å². The molecule has 0 saturated heterocycles. The van der Waals surface area contributed by atoms with Crippen LogP contribution in [0.3, 0.4) is 0 Å². The van der Waals surface area contributed by atoms with E-state index in [1.165, 1.54) is 0 Å². The van der Waals surface area contributed by atoms with Crippen LogP contribution in [0.5, 0.6) is 0 Å². The third-order valence-corrected chi connectivity index (χ3v) is 3.89. The van der Waals surface area contributed by atoms with Gasteiger partial charge in [0, 0.05) is 12.6 Å². The van der Waals surface area contributed by atoms with Crippen molar-refractivity contribution in [2.45, 2.75) is 57.7 Å². The summed E-state index contributed by atoms with van der Waals surface area (Å²) in [6.45, 7) is 2.78. The van der Waals surface area contributed by atoms with Crippen LogP contribution < -0.4 is 10.6 Å². The Morgan fingerprint density at radius 1 is 1.35 bits per heavy atom. The summed E-state index contributed by atoms with van der Waals surface area (Å²) in [4.78, 5) is 16.5. The fourth-order valence-electron chi connectivity index (χ4n) is 2.92. The van der Waals surface area contributed by atoms with E-state index in [9.17, 15) is 4.79 Å². The Morgan fingerprint density at radius 2 is 2.25 bits per heavy atom. The van der Waals surface area contributed by atoms with Crippen molar-refractivity contribution in [1.29, 1.82) is 0 Å². The van der Waals surface area contributed by atoms with Crippen LogP contribution in [0.1, 0.15) is 49.8 Å². The second-order valence-electron chi connectivity index (χ2n) is 5.53. The van der Waals surface area contributed by atoms with Gasteiger partial charge in [0.1, 0.15) is 11.6 Å². The van der Waals surface area contributed by atoms with E-state index >= 15 is 0 Å². The van der Waals surface area contributed by atoms with Gasteiger partial charge in [-0.25, -0.2) is 14.5 Å². The number of amides is 2. The molecule has 108 valence electrons. The van der Waals surface area contributed by atoms with Gasteiger partial charge in [-0.2, -0.15) is 5.10 Å². The van der Waals surface area contributed by atoms with Crippen molar-refractivity contribution in [1.82, 2.24) is 25.4 Å². The summed E-state index contributed by atoms with van der Waals surface area (Å²) in [5, 5.41) is 10.4. The Bertz CT molecular complexity index is 522. The summed E-state index contributed by atoms with van der Waals surface area (Å²) in [6.07, 6.45) is 9.24. The first-order valence-electron chi connectivity index (χ1n) is 7.36. The van der Waals surface area contributed by atoms with Gasteiger partial charge in [-0.1, -0.05) is 12.2 Å². The van der Waals surface area contributed by atoms with E-state index in [1.807, 2.05) is 11.6 Å². The number of aryl methyl sites for hydroxylation is 2. The second kappa shape index (κ2) is 5.64. The van der Waals surface area contributed by atoms with Crippen LogP contribution in [-0.2, 0) is 6.54 Å². The van der Waals surface area contributed by atoms with Gasteiger partial charge in [-0.3, -0.25) is 0 Å². The minimum absolute atomic E-state index is 0.0240. The Labute approximate surface area is 118 Å². The number of hydrogen-bond donors (Lipinski definition) is 2. The topological polar surface area (TPSA) is 71.8 Å². The average Bonchev–Trinajstić information content (AvgIpc) is 2.81. The molecule has 0 aromatic carbocycles. The van der Waals surface area contributed by atoms with Gasteiger partial charge in [0.05, 0.1) is 6.04 Å². The fraction of sp³-hybridized carbons (Fsp3) is 0.643. The zero-order valence-electron chi connectivity index (χ0n) is 11.8. The van der Waals surface area contributed by atoms with Crippen molar-refractivity contribution in [2.24, 2.45) is 0 Å². The van der Waals surface area contributed by atoms with Crippen molar-refractivity contribution in [3.63, 3.8) is 0 Å². The molecule has 1 aliphatic carbocycles. The minimum atomic E-state index is -0.0931. The number of rotatable bonds is 2. The molecule has 6 nitrogen and oxygen atoms in total. The highest BCUT2D eigenvalue weighted by molar-refractivity contribution is 5.74. The highest BCUT2D eigenvalue weighted by Crippen LogP contribution is 2.22. The lowest BCUT2D eigenvalue weighted by atomic mass is 10.0. The number of carbonyl (C=O) groups is 1. The molecule has 2 atom stereocenters. The zero-order chi connectivity index (χ0) is 13.9. The van der Waals surface area contributed by atoms with Gasteiger partial charge in [0.15, 0.2) is 0 Å². The molecule has 2 N–H and O–H groups in total. The fourth-order valence-corrected chi connectivity index (χ4v) is 2.92. The van der Waals surface area contributed by atoms with Crippen LogP contribution in [0.4, 0.5) is 4.79 Å². The van der Waals surface area contributed by atoms with Gasteiger partial charge in [-0.15, -0.1) is 0 Å². The molecule has 0 fully saturated rings. The molecule has 2 amide bonds. The first kappa shape index (κ1) is 13.1. The van der Waals surface area contributed by atoms with Crippen LogP contribution in [0, 0.1) is 6.92 Å². The molecule has 1 aromatic rings. The summed E-state index contributed by atoms with van der Waals surface area (Å²) >= 11 is 0. The van der Waals surface area contributed by atoms with E-state index in [4.69, 9.17) is 0 Å². The predicted molar refractivity (Wildman–Crippen MR) is 75.2 cm³/mol. The van der Waals surface area contributed by atoms with Crippen molar-refractivity contribution < 1.29 is 4.79 Å². The van der Waals surface area contributed by atoms with Crippen LogP contribution >= 0.6 is 0 Å². The molecular weight excluding hydrogens is 254 g/mol. The highest BCUT2D eigenvalue weighted by Gasteiger charge is 2.25. The Hall–Kier alpha value is -1.85. The molecule has 6 heteroatoms. The van der Waals surface area contributed by atoms with E-state index in [1.54, 1.807) is 0 Å². The summed E-state index contributed by atoms with van der Waals surface area (Å²) in [5.41, 5.74) is 0. The predicted octanol–water partition coefficient (Wildman–Crippen LogP) is 1.83. The van der Waals surface area contributed by atoms with E-state index in [-0.39, 0.29) is 18.1 Å². The monoisotopic (exact) mass is 275 g/mol. The quantitative estimate of drug-likeness (QED) is 0.809. The number of allylic oxidation sites excluding steroid dienone is 1. The van der Waals surface area contributed by atoms with Crippen molar-refractivity contribution >= 4 is 6.03 Å². The molecule has 3 rings (SSSR count). The molecule has 0 unspecified atom stereocenters. The summed E-state index contributed by atoms with van der Waals surface area (Å²) in [5.74, 6) is 1.65. The zero-order valence-corrected chi connectivity index (χ0v) is 11.8. The van der Waals surface area contributed by atoms with Gasteiger partial charge in [0.2, 0.25) is 0 Å². The Kier molecular flexibility index (Phi) is 3.71. The molecule has 1 aromatic heterocycles. The van der Waals surface area contributed by atoms with Gasteiger partial charge >= 0.3 is 6.03 Å². The molecule has 2 heterocycles. The molecule has 0 spiro atoms. The number of nitrogens with zero attached hydrogens (tertiary/aromatic N) is 3. The van der Waals surface area contributed by atoms with Gasteiger partial charge < -0.3 is 10.6 Å².